The average Bonchev–Trinajstić information content (AvgIpc) is 2.50. The second-order valence-corrected chi connectivity index (χ2v) is 5.57. The van der Waals surface area contributed by atoms with E-state index in [0.717, 1.165) is 5.56 Å². The molecule has 0 aliphatic heterocycles. The quantitative estimate of drug-likeness (QED) is 0.486. The lowest BCUT2D eigenvalue weighted by Gasteiger charge is -2.04. The summed E-state index contributed by atoms with van der Waals surface area (Å²) in [5, 5.41) is 14.1. The zero-order valence-corrected chi connectivity index (χ0v) is 13.6. The first-order chi connectivity index (χ1) is 10.9. The fourth-order valence-corrected chi connectivity index (χ4v) is 2.17. The molecule has 0 radical (unpaired) electrons. The van der Waals surface area contributed by atoms with Gasteiger partial charge in [-0.05, 0) is 42.3 Å². The van der Waals surface area contributed by atoms with E-state index in [1.165, 1.54) is 24.3 Å². The predicted octanol–water partition coefficient (Wildman–Crippen LogP) is 4.86. The second kappa shape index (κ2) is 7.26. The third kappa shape index (κ3) is 4.55. The van der Waals surface area contributed by atoms with Gasteiger partial charge in [0.05, 0.1) is 4.92 Å². The van der Waals surface area contributed by atoms with Crippen molar-refractivity contribution in [3.05, 3.63) is 73.8 Å². The normalized spacial score (nSPS) is 10.7. The van der Waals surface area contributed by atoms with Crippen LogP contribution in [0.3, 0.4) is 0 Å². The number of hydrogen-bond acceptors (Lipinski definition) is 3. The number of nitrogens with one attached hydrogen (secondary N) is 1. The van der Waals surface area contributed by atoms with Crippen LogP contribution in [0.25, 0.3) is 6.08 Å². The van der Waals surface area contributed by atoms with E-state index in [1.54, 1.807) is 24.3 Å². The molecule has 0 aromatic heterocycles. The van der Waals surface area contributed by atoms with Crippen LogP contribution in [0.5, 0.6) is 0 Å². The van der Waals surface area contributed by atoms with Gasteiger partial charge in [-0.15, -0.1) is 0 Å². The molecular formula is C16H12Cl2N2O3. The highest BCUT2D eigenvalue weighted by Gasteiger charge is 2.11. The van der Waals surface area contributed by atoms with Gasteiger partial charge in [0, 0.05) is 22.9 Å². The molecule has 1 amide bonds. The Morgan fingerprint density at radius 2 is 1.91 bits per heavy atom. The Labute approximate surface area is 142 Å². The van der Waals surface area contributed by atoms with Crippen LogP contribution in [0.1, 0.15) is 11.1 Å². The van der Waals surface area contributed by atoms with Crippen molar-refractivity contribution in [3.8, 4) is 0 Å². The molecule has 7 heteroatoms. The fourth-order valence-electron chi connectivity index (χ4n) is 1.80. The largest absolute Gasteiger partial charge is 0.322 e. The summed E-state index contributed by atoms with van der Waals surface area (Å²) in [5.41, 5.74) is 1.77. The molecule has 2 aromatic rings. The van der Waals surface area contributed by atoms with Crippen molar-refractivity contribution in [2.24, 2.45) is 0 Å². The number of nitrogens with zero attached hydrogens (tertiary/aromatic N) is 1. The van der Waals surface area contributed by atoms with Crippen LogP contribution in [-0.2, 0) is 4.79 Å². The molecule has 0 aliphatic carbocycles. The number of rotatable bonds is 4. The van der Waals surface area contributed by atoms with Crippen molar-refractivity contribution in [1.29, 1.82) is 0 Å². The molecule has 0 saturated heterocycles. The molecule has 23 heavy (non-hydrogen) atoms. The molecule has 2 rings (SSSR count). The molecule has 0 bridgehead atoms. The molecule has 5 nitrogen and oxygen atoms in total. The van der Waals surface area contributed by atoms with E-state index in [2.05, 4.69) is 5.32 Å². The van der Waals surface area contributed by atoms with Gasteiger partial charge in [0.1, 0.15) is 5.02 Å². The number of aryl methyl sites for hydroxylation is 1. The third-order valence-electron chi connectivity index (χ3n) is 3.03. The summed E-state index contributed by atoms with van der Waals surface area (Å²) in [4.78, 5) is 22.1. The lowest BCUT2D eigenvalue weighted by Crippen LogP contribution is -2.07. The highest BCUT2D eigenvalue weighted by atomic mass is 35.5. The minimum absolute atomic E-state index is 0.0471. The van der Waals surface area contributed by atoms with E-state index in [-0.39, 0.29) is 16.6 Å². The van der Waals surface area contributed by atoms with Gasteiger partial charge in [0.25, 0.3) is 5.69 Å². The highest BCUT2D eigenvalue weighted by Crippen LogP contribution is 2.25. The zero-order valence-electron chi connectivity index (χ0n) is 12.0. The Bertz CT molecular complexity index is 804. The summed E-state index contributed by atoms with van der Waals surface area (Å²) in [7, 11) is 0. The highest BCUT2D eigenvalue weighted by molar-refractivity contribution is 6.32. The summed E-state index contributed by atoms with van der Waals surface area (Å²) in [6.07, 6.45) is 2.75. The average molecular weight is 351 g/mol. The molecule has 0 saturated carbocycles. The molecular weight excluding hydrogens is 339 g/mol. The summed E-state index contributed by atoms with van der Waals surface area (Å²) in [6, 6.07) is 9.48. The summed E-state index contributed by atoms with van der Waals surface area (Å²) in [6.45, 7) is 1.86. The van der Waals surface area contributed by atoms with E-state index in [9.17, 15) is 14.9 Å². The van der Waals surface area contributed by atoms with E-state index >= 15 is 0 Å². The molecule has 1 N–H and O–H groups in total. The Morgan fingerprint density at radius 3 is 2.57 bits per heavy atom. The molecule has 0 unspecified atom stereocenters. The number of nitro benzene ring substituents is 1. The van der Waals surface area contributed by atoms with Gasteiger partial charge in [0.2, 0.25) is 5.91 Å². The van der Waals surface area contributed by atoms with Crippen LogP contribution in [-0.4, -0.2) is 10.8 Å². The zero-order chi connectivity index (χ0) is 17.0. The number of halogens is 2. The predicted molar refractivity (Wildman–Crippen MR) is 92.0 cm³/mol. The standard InChI is InChI=1S/C16H12Cl2N2O3/c1-10-2-5-12(9-14(10)18)19-16(21)7-4-11-3-6-13(17)15(8-11)20(22)23/h2-9H,1H3,(H,19,21)/b7-4+. The molecule has 0 heterocycles. The number of benzene rings is 2. The van der Waals surface area contributed by atoms with Crippen molar-refractivity contribution in [3.63, 3.8) is 0 Å². The van der Waals surface area contributed by atoms with Crippen LogP contribution < -0.4 is 5.32 Å². The lowest BCUT2D eigenvalue weighted by atomic mass is 10.2. The van der Waals surface area contributed by atoms with Crippen molar-refractivity contribution in [2.45, 2.75) is 6.92 Å². The molecule has 0 aliphatic rings. The first-order valence-corrected chi connectivity index (χ1v) is 7.31. The van der Waals surface area contributed by atoms with E-state index in [4.69, 9.17) is 23.2 Å². The number of carbonyl (C=O) groups is 1. The number of hydrogen-bond donors (Lipinski definition) is 1. The maximum absolute atomic E-state index is 11.9. The van der Waals surface area contributed by atoms with Crippen LogP contribution in [0.4, 0.5) is 11.4 Å². The van der Waals surface area contributed by atoms with Gasteiger partial charge in [-0.25, -0.2) is 0 Å². The Morgan fingerprint density at radius 1 is 1.17 bits per heavy atom. The maximum Gasteiger partial charge on any atom is 0.288 e. The molecule has 118 valence electrons. The van der Waals surface area contributed by atoms with E-state index < -0.39 is 4.92 Å². The van der Waals surface area contributed by atoms with Gasteiger partial charge in [-0.1, -0.05) is 35.3 Å². The number of anilines is 1. The van der Waals surface area contributed by atoms with E-state index in [1.807, 2.05) is 6.92 Å². The smallest absolute Gasteiger partial charge is 0.288 e. The second-order valence-electron chi connectivity index (χ2n) is 4.75. The molecule has 0 spiro atoms. The summed E-state index contributed by atoms with van der Waals surface area (Å²) >= 11 is 11.7. The molecule has 2 aromatic carbocycles. The van der Waals surface area contributed by atoms with Gasteiger partial charge in [-0.3, -0.25) is 14.9 Å². The van der Waals surface area contributed by atoms with Crippen LogP contribution >= 0.6 is 23.2 Å². The summed E-state index contributed by atoms with van der Waals surface area (Å²) in [5.74, 6) is -0.373. The molecule has 0 atom stereocenters. The van der Waals surface area contributed by atoms with Crippen LogP contribution in [0.2, 0.25) is 10.0 Å². The SMILES string of the molecule is Cc1ccc(NC(=O)/C=C/c2ccc(Cl)c([N+](=O)[O-])c2)cc1Cl. The van der Waals surface area contributed by atoms with Crippen molar-refractivity contribution in [2.75, 3.05) is 5.32 Å². The van der Waals surface area contributed by atoms with Gasteiger partial charge < -0.3 is 5.32 Å². The van der Waals surface area contributed by atoms with Crippen molar-refractivity contribution in [1.82, 2.24) is 0 Å². The van der Waals surface area contributed by atoms with Gasteiger partial charge in [0.15, 0.2) is 0 Å². The van der Waals surface area contributed by atoms with Gasteiger partial charge in [-0.2, -0.15) is 0 Å². The summed E-state index contributed by atoms with van der Waals surface area (Å²) < 4.78 is 0. The first-order valence-electron chi connectivity index (χ1n) is 6.56. The Hall–Kier alpha value is -2.37. The van der Waals surface area contributed by atoms with Crippen molar-refractivity contribution >= 4 is 46.6 Å². The topological polar surface area (TPSA) is 72.2 Å². The fraction of sp³-hybridized carbons (Fsp3) is 0.0625. The minimum Gasteiger partial charge on any atom is -0.322 e. The minimum atomic E-state index is -0.575. The first kappa shape index (κ1) is 17.0. The van der Waals surface area contributed by atoms with Crippen LogP contribution in [0.15, 0.2) is 42.5 Å². The van der Waals surface area contributed by atoms with E-state index in [0.29, 0.717) is 16.3 Å². The number of amides is 1. The van der Waals surface area contributed by atoms with Crippen molar-refractivity contribution < 1.29 is 9.72 Å². The van der Waals surface area contributed by atoms with Gasteiger partial charge >= 0.3 is 0 Å². The third-order valence-corrected chi connectivity index (χ3v) is 3.76. The number of nitro groups is 1. The molecule has 0 fully saturated rings. The Balaban J connectivity index is 2.10. The van der Waals surface area contributed by atoms with Crippen LogP contribution in [0, 0.1) is 17.0 Å². The maximum atomic E-state index is 11.9. The monoisotopic (exact) mass is 350 g/mol. The Kier molecular flexibility index (Phi) is 5.36. The number of carbonyl (C=O) groups excluding carboxylic acids is 1. The lowest BCUT2D eigenvalue weighted by molar-refractivity contribution is -0.384.